The zero-order valence-corrected chi connectivity index (χ0v) is 19.4. The number of thiazole rings is 1. The van der Waals surface area contributed by atoms with Crippen molar-refractivity contribution in [2.75, 3.05) is 12.3 Å². The Kier molecular flexibility index (Phi) is 4.92. The van der Waals surface area contributed by atoms with Crippen molar-refractivity contribution in [3.8, 4) is 10.6 Å². The van der Waals surface area contributed by atoms with E-state index in [2.05, 4.69) is 22.0 Å². The molecular weight excluding hydrogens is 458 g/mol. The number of nitrogens with two attached hydrogens (primary N) is 1. The Morgan fingerprint density at radius 2 is 2.11 bits per heavy atom. The van der Waals surface area contributed by atoms with Gasteiger partial charge in [0.25, 0.3) is 0 Å². The van der Waals surface area contributed by atoms with Crippen LogP contribution in [0, 0.1) is 0 Å². The lowest BCUT2D eigenvalue weighted by molar-refractivity contribution is 0.0164. The minimum absolute atomic E-state index is 0.0665. The number of aromatic nitrogens is 1. The number of nitrogens with zero attached hydrogens (tertiary/aromatic N) is 2. The quantitative estimate of drug-likeness (QED) is 0.449. The summed E-state index contributed by atoms with van der Waals surface area (Å²) >= 11 is 6.72. The molecule has 1 aliphatic heterocycles. The van der Waals surface area contributed by atoms with E-state index >= 15 is 0 Å². The monoisotopic (exact) mass is 479 g/mol. The smallest absolute Gasteiger partial charge is 0.410 e. The molecule has 3 aromatic rings. The summed E-state index contributed by atoms with van der Waals surface area (Å²) in [7, 11) is 0. The number of amides is 1. The highest BCUT2D eigenvalue weighted by atomic mass is 79.9. The first-order chi connectivity index (χ1) is 13.1. The number of carbonyl (C=O) groups is 1. The fraction of sp³-hybridized carbons (Fsp3) is 0.400. The molecule has 0 saturated heterocycles. The van der Waals surface area contributed by atoms with Crippen molar-refractivity contribution in [3.05, 3.63) is 33.1 Å². The SMILES string of the molecule is CC1c2sc(N)c(-c3nc4cc(Br)ccc4s3)c2CCN1C(=O)OC(C)(C)C. The molecule has 3 heterocycles. The second-order valence-corrected chi connectivity index (χ2v) is 10.9. The van der Waals surface area contributed by atoms with Gasteiger partial charge in [0.2, 0.25) is 0 Å². The zero-order chi connectivity index (χ0) is 20.2. The molecule has 8 heteroatoms. The van der Waals surface area contributed by atoms with Gasteiger partial charge in [-0.25, -0.2) is 9.78 Å². The first kappa shape index (κ1) is 19.7. The van der Waals surface area contributed by atoms with Gasteiger partial charge in [-0.05, 0) is 57.9 Å². The van der Waals surface area contributed by atoms with Gasteiger partial charge >= 0.3 is 6.09 Å². The molecule has 0 spiro atoms. The molecule has 0 bridgehead atoms. The first-order valence-corrected chi connectivity index (χ1v) is 11.5. The average molecular weight is 480 g/mol. The first-order valence-electron chi connectivity index (χ1n) is 9.11. The molecule has 0 aliphatic carbocycles. The summed E-state index contributed by atoms with van der Waals surface area (Å²) in [5.74, 6) is 0. The van der Waals surface area contributed by atoms with Crippen LogP contribution in [0.1, 0.15) is 44.2 Å². The number of benzene rings is 1. The van der Waals surface area contributed by atoms with E-state index in [-0.39, 0.29) is 12.1 Å². The maximum Gasteiger partial charge on any atom is 0.410 e. The van der Waals surface area contributed by atoms with Crippen molar-refractivity contribution >= 4 is 59.9 Å². The number of rotatable bonds is 1. The minimum Gasteiger partial charge on any atom is -0.444 e. The summed E-state index contributed by atoms with van der Waals surface area (Å²) in [6.45, 7) is 8.31. The number of halogens is 1. The van der Waals surface area contributed by atoms with E-state index in [0.29, 0.717) is 6.54 Å². The highest BCUT2D eigenvalue weighted by Crippen LogP contribution is 2.47. The summed E-state index contributed by atoms with van der Waals surface area (Å²) in [4.78, 5) is 20.4. The van der Waals surface area contributed by atoms with Crippen LogP contribution < -0.4 is 5.73 Å². The van der Waals surface area contributed by atoms with E-state index in [9.17, 15) is 4.79 Å². The highest BCUT2D eigenvalue weighted by Gasteiger charge is 2.35. The molecule has 1 amide bonds. The van der Waals surface area contributed by atoms with Crippen LogP contribution in [0.2, 0.25) is 0 Å². The summed E-state index contributed by atoms with van der Waals surface area (Å²) < 4.78 is 7.73. The van der Waals surface area contributed by atoms with E-state index in [0.717, 1.165) is 41.6 Å². The van der Waals surface area contributed by atoms with E-state index in [4.69, 9.17) is 15.5 Å². The van der Waals surface area contributed by atoms with Gasteiger partial charge < -0.3 is 15.4 Å². The van der Waals surface area contributed by atoms with Gasteiger partial charge in [0, 0.05) is 21.5 Å². The van der Waals surface area contributed by atoms with Crippen molar-refractivity contribution < 1.29 is 9.53 Å². The molecule has 2 N–H and O–H groups in total. The Hall–Kier alpha value is -1.64. The summed E-state index contributed by atoms with van der Waals surface area (Å²) in [6.07, 6.45) is 0.477. The number of hydrogen-bond donors (Lipinski definition) is 1. The van der Waals surface area contributed by atoms with Gasteiger partial charge in [-0.2, -0.15) is 0 Å². The van der Waals surface area contributed by atoms with Crippen LogP contribution in [-0.2, 0) is 11.2 Å². The van der Waals surface area contributed by atoms with Crippen LogP contribution in [0.15, 0.2) is 22.7 Å². The number of ether oxygens (including phenoxy) is 1. The summed E-state index contributed by atoms with van der Waals surface area (Å²) in [5, 5.41) is 1.71. The minimum atomic E-state index is -0.508. The second-order valence-electron chi connectivity index (χ2n) is 7.91. The number of anilines is 1. The number of nitrogen functional groups attached to an aromatic ring is 1. The molecule has 1 aliphatic rings. The number of fused-ring (bicyclic) bond motifs is 2. The topological polar surface area (TPSA) is 68.5 Å². The maximum atomic E-state index is 12.6. The van der Waals surface area contributed by atoms with Gasteiger partial charge in [-0.15, -0.1) is 22.7 Å². The molecule has 1 atom stereocenters. The van der Waals surface area contributed by atoms with Crippen molar-refractivity contribution in [3.63, 3.8) is 0 Å². The van der Waals surface area contributed by atoms with Crippen LogP contribution in [0.5, 0.6) is 0 Å². The summed E-state index contributed by atoms with van der Waals surface area (Å²) in [5.41, 5.74) is 9.14. The molecule has 4 rings (SSSR count). The Morgan fingerprint density at radius 1 is 1.36 bits per heavy atom. The van der Waals surface area contributed by atoms with Crippen molar-refractivity contribution in [1.29, 1.82) is 0 Å². The van der Waals surface area contributed by atoms with Crippen LogP contribution in [0.3, 0.4) is 0 Å². The molecule has 0 saturated carbocycles. The lowest BCUT2D eigenvalue weighted by Crippen LogP contribution is -2.41. The second kappa shape index (κ2) is 7.00. The molecule has 1 aromatic carbocycles. The number of thiophene rings is 1. The Morgan fingerprint density at radius 3 is 2.82 bits per heavy atom. The molecule has 0 fully saturated rings. The molecule has 5 nitrogen and oxygen atoms in total. The highest BCUT2D eigenvalue weighted by molar-refractivity contribution is 9.10. The van der Waals surface area contributed by atoms with Gasteiger partial charge in [0.05, 0.1) is 21.3 Å². The normalized spacial score (nSPS) is 17.0. The van der Waals surface area contributed by atoms with Crippen molar-refractivity contribution in [2.45, 2.75) is 45.8 Å². The standard InChI is InChI=1S/C20H22BrN3O2S2/c1-10-16-12(7-8-24(10)19(25)26-20(2,3)4)15(17(22)28-16)18-23-13-9-11(21)5-6-14(13)27-18/h5-6,9-10H,7-8,22H2,1-4H3. The molecule has 2 aromatic heterocycles. The van der Waals surface area contributed by atoms with E-state index in [1.807, 2.05) is 39.8 Å². The lowest BCUT2D eigenvalue weighted by Gasteiger charge is -2.35. The predicted octanol–water partition coefficient (Wildman–Crippen LogP) is 6.22. The molecule has 0 radical (unpaired) electrons. The molecular formula is C20H22BrN3O2S2. The fourth-order valence-electron chi connectivity index (χ4n) is 3.47. The average Bonchev–Trinajstić information content (AvgIpc) is 3.13. The summed E-state index contributed by atoms with van der Waals surface area (Å²) in [6, 6.07) is 6.06. The molecule has 148 valence electrons. The fourth-order valence-corrected chi connectivity index (χ4v) is 6.10. The Bertz CT molecular complexity index is 1070. The van der Waals surface area contributed by atoms with Crippen molar-refractivity contribution in [1.82, 2.24) is 9.88 Å². The third-order valence-electron chi connectivity index (χ3n) is 4.71. The van der Waals surface area contributed by atoms with E-state index in [1.54, 1.807) is 27.6 Å². The zero-order valence-electron chi connectivity index (χ0n) is 16.2. The van der Waals surface area contributed by atoms with Crippen LogP contribution >= 0.6 is 38.6 Å². The lowest BCUT2D eigenvalue weighted by atomic mass is 9.99. The van der Waals surface area contributed by atoms with Gasteiger partial charge in [-0.3, -0.25) is 0 Å². The van der Waals surface area contributed by atoms with Gasteiger partial charge in [-0.1, -0.05) is 15.9 Å². The third-order valence-corrected chi connectivity index (χ3v) is 7.49. The maximum absolute atomic E-state index is 12.6. The van der Waals surface area contributed by atoms with Crippen LogP contribution in [0.4, 0.5) is 9.80 Å². The molecule has 28 heavy (non-hydrogen) atoms. The largest absolute Gasteiger partial charge is 0.444 e. The number of carbonyl (C=O) groups excluding carboxylic acids is 1. The van der Waals surface area contributed by atoms with Gasteiger partial charge in [0.1, 0.15) is 10.6 Å². The van der Waals surface area contributed by atoms with E-state index in [1.165, 1.54) is 5.56 Å². The molecule has 1 unspecified atom stereocenters. The van der Waals surface area contributed by atoms with Crippen molar-refractivity contribution in [2.24, 2.45) is 0 Å². The van der Waals surface area contributed by atoms with Crippen LogP contribution in [0.25, 0.3) is 20.8 Å². The Balaban J connectivity index is 1.70. The number of hydrogen-bond acceptors (Lipinski definition) is 6. The third kappa shape index (κ3) is 3.53. The van der Waals surface area contributed by atoms with E-state index < -0.39 is 5.60 Å². The predicted molar refractivity (Wildman–Crippen MR) is 120 cm³/mol. The Labute approximate surface area is 180 Å². The van der Waals surface area contributed by atoms with Gasteiger partial charge in [0.15, 0.2) is 0 Å². The van der Waals surface area contributed by atoms with Crippen LogP contribution in [-0.4, -0.2) is 28.1 Å².